The van der Waals surface area contributed by atoms with Crippen molar-refractivity contribution >= 4 is 0 Å². The van der Waals surface area contributed by atoms with Crippen molar-refractivity contribution in [1.29, 1.82) is 0 Å². The molecule has 5 atom stereocenters. The molecule has 0 aromatic rings. The molecule has 0 aliphatic carbocycles. The lowest BCUT2D eigenvalue weighted by atomic mass is 9.99. The van der Waals surface area contributed by atoms with Crippen LogP contribution in [-0.2, 0) is 9.47 Å². The van der Waals surface area contributed by atoms with Gasteiger partial charge >= 0.3 is 0 Å². The summed E-state index contributed by atoms with van der Waals surface area (Å²) in [5.74, 6) is 0. The Bertz CT molecular complexity index is 147. The van der Waals surface area contributed by atoms with Crippen molar-refractivity contribution in [3.05, 3.63) is 0 Å². The zero-order chi connectivity index (χ0) is 10.0. The molecule has 0 bridgehead atoms. The van der Waals surface area contributed by atoms with Crippen LogP contribution in [0.15, 0.2) is 0 Å². The fraction of sp³-hybridized carbons (Fsp3) is 1.00. The molecule has 0 spiro atoms. The molecule has 13 heavy (non-hydrogen) atoms. The highest BCUT2D eigenvalue weighted by Gasteiger charge is 2.43. The summed E-state index contributed by atoms with van der Waals surface area (Å²) >= 11 is 0. The van der Waals surface area contributed by atoms with E-state index in [9.17, 15) is 15.3 Å². The number of aliphatic hydroxyl groups is 3. The van der Waals surface area contributed by atoms with Crippen LogP contribution in [-0.4, -0.2) is 59.7 Å². The fourth-order valence-electron chi connectivity index (χ4n) is 1.31. The largest absolute Gasteiger partial charge is 0.388 e. The van der Waals surface area contributed by atoms with Gasteiger partial charge < -0.3 is 30.5 Å². The molecule has 1 heterocycles. The summed E-state index contributed by atoms with van der Waals surface area (Å²) in [6.45, 7) is 0.0603. The van der Waals surface area contributed by atoms with Crippen molar-refractivity contribution in [2.24, 2.45) is 5.73 Å². The van der Waals surface area contributed by atoms with E-state index < -0.39 is 30.7 Å². The maximum Gasteiger partial charge on any atom is 0.186 e. The summed E-state index contributed by atoms with van der Waals surface area (Å²) in [5.41, 5.74) is 5.28. The van der Waals surface area contributed by atoms with Crippen LogP contribution in [0.25, 0.3) is 0 Å². The van der Waals surface area contributed by atoms with Crippen LogP contribution in [0, 0.1) is 0 Å². The van der Waals surface area contributed by atoms with E-state index in [0.29, 0.717) is 0 Å². The average Bonchev–Trinajstić information content (AvgIpc) is 2.15. The van der Waals surface area contributed by atoms with Crippen molar-refractivity contribution in [2.75, 3.05) is 13.7 Å². The summed E-state index contributed by atoms with van der Waals surface area (Å²) < 4.78 is 9.83. The second kappa shape index (κ2) is 4.32. The fourth-order valence-corrected chi connectivity index (χ4v) is 1.31. The van der Waals surface area contributed by atoms with Crippen molar-refractivity contribution in [3.8, 4) is 0 Å². The second-order valence-electron chi connectivity index (χ2n) is 2.99. The number of nitrogens with two attached hydrogens (primary N) is 1. The Morgan fingerprint density at radius 3 is 2.31 bits per heavy atom. The standard InChI is InChI=1S/C7H15NO5/c1-12-7-6(11)5(10)4(9)3(2-8)13-7/h3-7,9-11H,2,8H2,1H3/t3-,4+,5-,6+,7-/m1/s1. The molecular formula is C7H15NO5. The topological polar surface area (TPSA) is 105 Å². The lowest BCUT2D eigenvalue weighted by molar-refractivity contribution is -0.287. The summed E-state index contributed by atoms with van der Waals surface area (Å²) in [7, 11) is 1.34. The molecule has 0 aromatic heterocycles. The molecule has 0 unspecified atom stereocenters. The predicted molar refractivity (Wildman–Crippen MR) is 42.7 cm³/mol. The van der Waals surface area contributed by atoms with Gasteiger partial charge in [-0.05, 0) is 0 Å². The minimum Gasteiger partial charge on any atom is -0.388 e. The summed E-state index contributed by atoms with van der Waals surface area (Å²) in [5, 5.41) is 28.0. The van der Waals surface area contributed by atoms with Crippen LogP contribution in [0.5, 0.6) is 0 Å². The van der Waals surface area contributed by atoms with Crippen molar-refractivity contribution in [2.45, 2.75) is 30.7 Å². The Labute approximate surface area is 75.9 Å². The van der Waals surface area contributed by atoms with Gasteiger partial charge in [-0.15, -0.1) is 0 Å². The molecule has 1 fully saturated rings. The Morgan fingerprint density at radius 2 is 1.85 bits per heavy atom. The van der Waals surface area contributed by atoms with Crippen LogP contribution in [0.4, 0.5) is 0 Å². The van der Waals surface area contributed by atoms with E-state index >= 15 is 0 Å². The number of rotatable bonds is 2. The van der Waals surface area contributed by atoms with Gasteiger partial charge in [0.15, 0.2) is 6.29 Å². The first-order valence-corrected chi connectivity index (χ1v) is 4.04. The molecule has 0 radical (unpaired) electrons. The van der Waals surface area contributed by atoms with Crippen LogP contribution >= 0.6 is 0 Å². The molecule has 0 aromatic carbocycles. The summed E-state index contributed by atoms with van der Waals surface area (Å²) in [4.78, 5) is 0. The smallest absolute Gasteiger partial charge is 0.186 e. The van der Waals surface area contributed by atoms with Gasteiger partial charge in [0, 0.05) is 13.7 Å². The molecule has 1 aliphatic rings. The molecule has 1 rings (SSSR count). The third-order valence-corrected chi connectivity index (χ3v) is 2.13. The highest BCUT2D eigenvalue weighted by molar-refractivity contribution is 4.89. The number of hydrogen-bond acceptors (Lipinski definition) is 6. The van der Waals surface area contributed by atoms with Crippen LogP contribution in [0.3, 0.4) is 0 Å². The molecule has 0 amide bonds. The van der Waals surface area contributed by atoms with E-state index in [1.807, 2.05) is 0 Å². The van der Waals surface area contributed by atoms with Crippen LogP contribution in [0.2, 0.25) is 0 Å². The second-order valence-corrected chi connectivity index (χ2v) is 2.99. The Balaban J connectivity index is 2.66. The van der Waals surface area contributed by atoms with Gasteiger partial charge in [0.25, 0.3) is 0 Å². The molecule has 1 aliphatic heterocycles. The van der Waals surface area contributed by atoms with Gasteiger partial charge in [-0.3, -0.25) is 0 Å². The van der Waals surface area contributed by atoms with Crippen LogP contribution in [0.1, 0.15) is 0 Å². The maximum atomic E-state index is 9.35. The molecule has 6 nitrogen and oxygen atoms in total. The van der Waals surface area contributed by atoms with E-state index in [2.05, 4.69) is 0 Å². The van der Waals surface area contributed by atoms with Gasteiger partial charge in [0.05, 0.1) is 0 Å². The highest BCUT2D eigenvalue weighted by atomic mass is 16.7. The minimum absolute atomic E-state index is 0.0603. The highest BCUT2D eigenvalue weighted by Crippen LogP contribution is 2.20. The summed E-state index contributed by atoms with van der Waals surface area (Å²) in [6.07, 6.45) is -5.35. The lowest BCUT2D eigenvalue weighted by Gasteiger charge is -2.39. The van der Waals surface area contributed by atoms with E-state index in [1.165, 1.54) is 7.11 Å². The third kappa shape index (κ3) is 1.98. The van der Waals surface area contributed by atoms with Crippen LogP contribution < -0.4 is 5.73 Å². The maximum absolute atomic E-state index is 9.35. The predicted octanol–water partition coefficient (Wildman–Crippen LogP) is -2.60. The first kappa shape index (κ1) is 10.8. The van der Waals surface area contributed by atoms with Gasteiger partial charge in [0.1, 0.15) is 24.4 Å². The van der Waals surface area contributed by atoms with E-state index in [4.69, 9.17) is 15.2 Å². The van der Waals surface area contributed by atoms with E-state index in [0.717, 1.165) is 0 Å². The molecule has 0 saturated carbocycles. The molecule has 6 heteroatoms. The Kier molecular flexibility index (Phi) is 3.60. The monoisotopic (exact) mass is 193 g/mol. The van der Waals surface area contributed by atoms with Gasteiger partial charge in [-0.1, -0.05) is 0 Å². The third-order valence-electron chi connectivity index (χ3n) is 2.13. The van der Waals surface area contributed by atoms with Gasteiger partial charge in [0.2, 0.25) is 0 Å². The molecule has 1 saturated heterocycles. The molecule has 5 N–H and O–H groups in total. The first-order valence-electron chi connectivity index (χ1n) is 4.04. The molecular weight excluding hydrogens is 178 g/mol. The zero-order valence-electron chi connectivity index (χ0n) is 7.33. The minimum atomic E-state index is -1.28. The van der Waals surface area contributed by atoms with Crippen molar-refractivity contribution in [3.63, 3.8) is 0 Å². The van der Waals surface area contributed by atoms with Gasteiger partial charge in [-0.25, -0.2) is 0 Å². The number of aliphatic hydroxyl groups excluding tert-OH is 3. The van der Waals surface area contributed by atoms with E-state index in [-0.39, 0.29) is 6.54 Å². The van der Waals surface area contributed by atoms with Gasteiger partial charge in [-0.2, -0.15) is 0 Å². The number of hydrogen-bond donors (Lipinski definition) is 4. The summed E-state index contributed by atoms with van der Waals surface area (Å²) in [6, 6.07) is 0. The SMILES string of the molecule is CO[C@@H]1O[C@H](CN)[C@H](O)[C@@H](O)[C@@H]1O. The van der Waals surface area contributed by atoms with E-state index in [1.54, 1.807) is 0 Å². The quantitative estimate of drug-likeness (QED) is 0.383. The van der Waals surface area contributed by atoms with Crippen molar-refractivity contribution < 1.29 is 24.8 Å². The molecule has 78 valence electrons. The zero-order valence-corrected chi connectivity index (χ0v) is 7.33. The van der Waals surface area contributed by atoms with Crippen molar-refractivity contribution in [1.82, 2.24) is 0 Å². The Hall–Kier alpha value is -0.240. The first-order chi connectivity index (χ1) is 6.11. The number of ether oxygens (including phenoxy) is 2. The Morgan fingerprint density at radius 1 is 1.23 bits per heavy atom. The number of methoxy groups -OCH3 is 1. The lowest BCUT2D eigenvalue weighted by Crippen LogP contribution is -2.59. The normalized spacial score (nSPS) is 46.4. The average molecular weight is 193 g/mol.